The average Bonchev–Trinajstić information content (AvgIpc) is 0.898. The first-order valence-corrected chi connectivity index (χ1v) is 50.2. The van der Waals surface area contributed by atoms with E-state index in [1.807, 2.05) is 0 Å². The zero-order valence-corrected chi connectivity index (χ0v) is 74.2. The summed E-state index contributed by atoms with van der Waals surface area (Å²) in [4.78, 5) is 73.4. The van der Waals surface area contributed by atoms with Crippen LogP contribution in [0.15, 0.2) is 0 Å². The lowest BCUT2D eigenvalue weighted by atomic mass is 9.99. The van der Waals surface area contributed by atoms with Crippen LogP contribution in [-0.2, 0) is 65.4 Å². The number of aliphatic hydroxyl groups excluding tert-OH is 1. The zero-order chi connectivity index (χ0) is 80.4. The van der Waals surface area contributed by atoms with Crippen LogP contribution in [0.25, 0.3) is 0 Å². The third kappa shape index (κ3) is 82.6. The number of esters is 4. The number of carbonyl (C=O) groups excluding carboxylic acids is 4. The molecule has 0 heterocycles. The summed E-state index contributed by atoms with van der Waals surface area (Å²) in [5.41, 5.74) is 0. The molecule has 6 atom stereocenters. The van der Waals surface area contributed by atoms with Gasteiger partial charge in [-0.05, 0) is 31.6 Å². The van der Waals surface area contributed by atoms with E-state index in [1.54, 1.807) is 0 Å². The Morgan fingerprint density at radius 1 is 0.255 bits per heavy atom. The van der Waals surface area contributed by atoms with Crippen molar-refractivity contribution in [3.63, 3.8) is 0 Å². The Hall–Kier alpha value is -1.94. The van der Waals surface area contributed by atoms with Crippen molar-refractivity contribution >= 4 is 39.5 Å². The van der Waals surface area contributed by atoms with Gasteiger partial charge in [0.15, 0.2) is 12.2 Å². The van der Waals surface area contributed by atoms with Crippen molar-refractivity contribution in [2.24, 2.45) is 5.92 Å². The molecule has 0 amide bonds. The van der Waals surface area contributed by atoms with Gasteiger partial charge in [0.05, 0.1) is 26.4 Å². The highest BCUT2D eigenvalue weighted by atomic mass is 31.2. The van der Waals surface area contributed by atoms with Crippen molar-refractivity contribution in [1.29, 1.82) is 0 Å². The van der Waals surface area contributed by atoms with Gasteiger partial charge in [-0.15, -0.1) is 0 Å². The summed E-state index contributed by atoms with van der Waals surface area (Å²) >= 11 is 0. The van der Waals surface area contributed by atoms with Crippen LogP contribution in [0.2, 0.25) is 0 Å². The minimum atomic E-state index is -4.97. The van der Waals surface area contributed by atoms with Gasteiger partial charge in [-0.2, -0.15) is 0 Å². The number of hydrogen-bond donors (Lipinski definition) is 3. The number of hydrogen-bond acceptors (Lipinski definition) is 15. The van der Waals surface area contributed by atoms with Crippen LogP contribution in [-0.4, -0.2) is 96.7 Å². The Balaban J connectivity index is 5.25. The highest BCUT2D eigenvalue weighted by Gasteiger charge is 2.31. The van der Waals surface area contributed by atoms with Crippen LogP contribution in [0.1, 0.15) is 497 Å². The quantitative estimate of drug-likeness (QED) is 0.0222. The van der Waals surface area contributed by atoms with Crippen LogP contribution < -0.4 is 0 Å². The molecule has 19 heteroatoms. The molecule has 0 saturated heterocycles. The molecule has 0 aliphatic carbocycles. The molecule has 0 spiro atoms. The number of phosphoric acid groups is 2. The van der Waals surface area contributed by atoms with Crippen molar-refractivity contribution in [3.8, 4) is 0 Å². The molecule has 0 aliphatic heterocycles. The first-order valence-electron chi connectivity index (χ1n) is 47.2. The van der Waals surface area contributed by atoms with Gasteiger partial charge < -0.3 is 33.8 Å². The number of aliphatic hydroxyl groups is 1. The average molecular weight is 1610 g/mol. The summed E-state index contributed by atoms with van der Waals surface area (Å²) in [5, 5.41) is 10.7. The van der Waals surface area contributed by atoms with Crippen molar-refractivity contribution in [2.75, 3.05) is 39.6 Å². The number of phosphoric ester groups is 2. The highest BCUT2D eigenvalue weighted by molar-refractivity contribution is 7.47. The Labute approximate surface area is 677 Å². The molecule has 0 bridgehead atoms. The summed E-state index contributed by atoms with van der Waals surface area (Å²) in [7, 11) is -9.93. The lowest BCUT2D eigenvalue weighted by molar-refractivity contribution is -0.161. The van der Waals surface area contributed by atoms with Gasteiger partial charge in [0.25, 0.3) is 0 Å². The van der Waals surface area contributed by atoms with E-state index in [1.165, 1.54) is 321 Å². The second kappa shape index (κ2) is 83.5. The summed E-state index contributed by atoms with van der Waals surface area (Å²) in [6.45, 7) is 7.47. The maximum absolute atomic E-state index is 13.2. The maximum atomic E-state index is 13.2. The second-order valence-corrected chi connectivity index (χ2v) is 35.8. The zero-order valence-electron chi connectivity index (χ0n) is 72.4. The molecule has 3 N–H and O–H groups in total. The molecule has 0 radical (unpaired) electrons. The van der Waals surface area contributed by atoms with Gasteiger partial charge >= 0.3 is 39.5 Å². The van der Waals surface area contributed by atoms with Crippen molar-refractivity contribution in [1.82, 2.24) is 0 Å². The van der Waals surface area contributed by atoms with E-state index in [0.717, 1.165) is 95.8 Å². The van der Waals surface area contributed by atoms with Crippen LogP contribution in [0.4, 0.5) is 0 Å². The Bertz CT molecular complexity index is 2080. The molecular formula is C91H178O17P2. The Morgan fingerprint density at radius 2 is 0.436 bits per heavy atom. The fourth-order valence-electron chi connectivity index (χ4n) is 14.3. The minimum Gasteiger partial charge on any atom is -0.462 e. The molecule has 0 aliphatic rings. The minimum absolute atomic E-state index is 0.109. The largest absolute Gasteiger partial charge is 0.472 e. The van der Waals surface area contributed by atoms with Crippen LogP contribution in [0.3, 0.4) is 0 Å². The first kappa shape index (κ1) is 108. The van der Waals surface area contributed by atoms with E-state index in [2.05, 4.69) is 34.6 Å². The number of unbranched alkanes of at least 4 members (excludes halogenated alkanes) is 62. The molecule has 0 fully saturated rings. The van der Waals surface area contributed by atoms with E-state index in [0.29, 0.717) is 25.7 Å². The molecule has 17 nitrogen and oxygen atoms in total. The van der Waals surface area contributed by atoms with Crippen LogP contribution in [0.5, 0.6) is 0 Å². The van der Waals surface area contributed by atoms with Gasteiger partial charge in [0.2, 0.25) is 0 Å². The number of carbonyl (C=O) groups is 4. The standard InChI is InChI=1S/C91H178O17P2/c1-6-10-13-16-19-22-25-28-30-32-33-37-41-45-50-55-60-65-70-75-89(94)102-81-87(108-91(96)77-72-67-62-57-52-47-42-38-35-34-36-39-44-48-53-58-63-68-73-84(5)9-4)83-106-110(99,100)104-79-85(92)78-103-109(97,98)105-82-86(80-101-88(93)74-69-64-59-54-49-43-27-24-21-18-15-12-8-3)107-90(95)76-71-66-61-56-51-46-40-31-29-26-23-20-17-14-11-7-2/h84-87,92H,6-83H2,1-5H3,(H,97,98)(H,99,100)/t84?,85-,86+,87+/m0/s1. The Morgan fingerprint density at radius 3 is 0.645 bits per heavy atom. The summed E-state index contributed by atoms with van der Waals surface area (Å²) in [6, 6.07) is 0. The molecule has 654 valence electrons. The third-order valence-corrected chi connectivity index (χ3v) is 23.8. The second-order valence-electron chi connectivity index (χ2n) is 32.9. The topological polar surface area (TPSA) is 237 Å². The summed E-state index contributed by atoms with van der Waals surface area (Å²) in [6.07, 6.45) is 79.1. The SMILES string of the molecule is CCCCCCCCCCCCCCCCCCCCCC(=O)OC[C@H](COP(=O)(O)OC[C@@H](O)COP(=O)(O)OC[C@@H](COC(=O)CCCCCCCCCCCCCCC)OC(=O)CCCCCCCCCCCCCCCCCC)OC(=O)CCCCCCCCCCCCCCCCCCCCC(C)CC. The molecule has 3 unspecified atom stereocenters. The van der Waals surface area contributed by atoms with E-state index in [-0.39, 0.29) is 25.7 Å². The maximum Gasteiger partial charge on any atom is 0.472 e. The Kier molecular flexibility index (Phi) is 82.1. The molecule has 0 aromatic heterocycles. The molecule has 0 rings (SSSR count). The van der Waals surface area contributed by atoms with E-state index >= 15 is 0 Å². The van der Waals surface area contributed by atoms with Crippen molar-refractivity contribution < 1.29 is 80.2 Å². The van der Waals surface area contributed by atoms with Crippen LogP contribution in [0, 0.1) is 5.92 Å². The van der Waals surface area contributed by atoms with E-state index in [9.17, 15) is 43.2 Å². The molecule has 0 aromatic carbocycles. The first-order chi connectivity index (χ1) is 53.6. The summed E-state index contributed by atoms with van der Waals surface area (Å²) < 4.78 is 69.1. The van der Waals surface area contributed by atoms with E-state index < -0.39 is 97.5 Å². The predicted octanol–water partition coefficient (Wildman–Crippen LogP) is 28.3. The lowest BCUT2D eigenvalue weighted by Gasteiger charge is -2.21. The number of ether oxygens (including phenoxy) is 4. The highest BCUT2D eigenvalue weighted by Crippen LogP contribution is 2.45. The normalized spacial score (nSPS) is 13.9. The van der Waals surface area contributed by atoms with Gasteiger partial charge in [0.1, 0.15) is 19.3 Å². The summed E-state index contributed by atoms with van der Waals surface area (Å²) in [5.74, 6) is -1.22. The molecule has 110 heavy (non-hydrogen) atoms. The van der Waals surface area contributed by atoms with Gasteiger partial charge in [-0.1, -0.05) is 446 Å². The molecule has 0 aromatic rings. The fourth-order valence-corrected chi connectivity index (χ4v) is 15.9. The lowest BCUT2D eigenvalue weighted by Crippen LogP contribution is -2.30. The monoisotopic (exact) mass is 1610 g/mol. The van der Waals surface area contributed by atoms with Crippen molar-refractivity contribution in [3.05, 3.63) is 0 Å². The smallest absolute Gasteiger partial charge is 0.462 e. The van der Waals surface area contributed by atoms with Crippen LogP contribution >= 0.6 is 15.6 Å². The van der Waals surface area contributed by atoms with Gasteiger partial charge in [-0.25, -0.2) is 9.13 Å². The van der Waals surface area contributed by atoms with E-state index in [4.69, 9.17) is 37.0 Å². The van der Waals surface area contributed by atoms with Gasteiger partial charge in [-0.3, -0.25) is 37.3 Å². The molecule has 0 saturated carbocycles. The fraction of sp³-hybridized carbons (Fsp3) is 0.956. The molecular weight excluding hydrogens is 1430 g/mol. The third-order valence-electron chi connectivity index (χ3n) is 21.9. The van der Waals surface area contributed by atoms with Gasteiger partial charge in [0, 0.05) is 25.7 Å². The number of rotatable bonds is 91. The predicted molar refractivity (Wildman–Crippen MR) is 455 cm³/mol. The van der Waals surface area contributed by atoms with Crippen molar-refractivity contribution in [2.45, 2.75) is 515 Å².